The van der Waals surface area contributed by atoms with Gasteiger partial charge in [-0.15, -0.1) is 0 Å². The molecule has 41 heavy (non-hydrogen) atoms. The van der Waals surface area contributed by atoms with Crippen LogP contribution in [0.4, 0.5) is 27.8 Å². The number of anilines is 1. The van der Waals surface area contributed by atoms with Crippen molar-refractivity contribution in [2.24, 2.45) is 0 Å². The monoisotopic (exact) mass is 568 g/mol. The Morgan fingerprint density at radius 3 is 2.29 bits per heavy atom. The lowest BCUT2D eigenvalue weighted by molar-refractivity contribution is -0.139. The van der Waals surface area contributed by atoms with Crippen LogP contribution in [0.2, 0.25) is 0 Å². The van der Waals surface area contributed by atoms with Gasteiger partial charge >= 0.3 is 6.18 Å². The number of carbonyl (C=O) groups is 2. The van der Waals surface area contributed by atoms with Crippen molar-refractivity contribution in [3.8, 4) is 22.4 Å². The minimum absolute atomic E-state index is 0.0851. The van der Waals surface area contributed by atoms with E-state index in [-0.39, 0.29) is 23.6 Å². The summed E-state index contributed by atoms with van der Waals surface area (Å²) in [5.74, 6) is -3.33. The first kappa shape index (κ1) is 28.0. The Labute approximate surface area is 232 Å². The number of amides is 2. The Morgan fingerprint density at radius 2 is 1.66 bits per heavy atom. The minimum atomic E-state index is -4.47. The smallest absolute Gasteiger partial charge is 0.357 e. The van der Waals surface area contributed by atoms with E-state index in [1.54, 1.807) is 13.0 Å². The zero-order valence-electron chi connectivity index (χ0n) is 22.0. The summed E-state index contributed by atoms with van der Waals surface area (Å²) in [6.45, 7) is 1.52. The van der Waals surface area contributed by atoms with E-state index in [9.17, 15) is 31.5 Å². The maximum Gasteiger partial charge on any atom is 0.389 e. The van der Waals surface area contributed by atoms with E-state index >= 15 is 0 Å². The number of halogens is 5. The van der Waals surface area contributed by atoms with E-state index in [1.165, 1.54) is 72.7 Å². The van der Waals surface area contributed by atoms with Crippen LogP contribution >= 0.6 is 0 Å². The van der Waals surface area contributed by atoms with Gasteiger partial charge in [-0.2, -0.15) is 13.2 Å². The molecule has 0 radical (unpaired) electrons. The fourth-order valence-corrected chi connectivity index (χ4v) is 5.10. The zero-order valence-corrected chi connectivity index (χ0v) is 22.0. The lowest BCUT2D eigenvalue weighted by Gasteiger charge is -2.30. The van der Waals surface area contributed by atoms with E-state index in [2.05, 4.69) is 15.3 Å². The minimum Gasteiger partial charge on any atom is -0.357 e. The van der Waals surface area contributed by atoms with Crippen molar-refractivity contribution >= 4 is 17.6 Å². The van der Waals surface area contributed by atoms with Gasteiger partial charge in [0, 0.05) is 42.5 Å². The summed E-state index contributed by atoms with van der Waals surface area (Å²) in [4.78, 5) is 34.8. The molecular weight excluding hydrogens is 543 g/mol. The van der Waals surface area contributed by atoms with E-state index in [1.807, 2.05) is 0 Å². The van der Waals surface area contributed by atoms with E-state index in [0.29, 0.717) is 27.9 Å². The molecule has 2 atom stereocenters. The van der Waals surface area contributed by atoms with Crippen LogP contribution in [-0.4, -0.2) is 46.5 Å². The molecule has 0 saturated heterocycles. The summed E-state index contributed by atoms with van der Waals surface area (Å²) in [5, 5.41) is 2.72. The van der Waals surface area contributed by atoms with Crippen LogP contribution in [0, 0.1) is 11.6 Å². The number of pyridine rings is 1. The topological polar surface area (TPSA) is 78.1 Å². The number of aromatic nitrogens is 2. The Hall–Kier alpha value is -4.54. The quantitative estimate of drug-likeness (QED) is 0.249. The molecule has 4 aromatic rings. The van der Waals surface area contributed by atoms with Crippen LogP contribution in [0.3, 0.4) is 0 Å². The van der Waals surface area contributed by atoms with Crippen molar-refractivity contribution in [1.29, 1.82) is 0 Å². The summed E-state index contributed by atoms with van der Waals surface area (Å²) < 4.78 is 67.6. The number of hydrogen-bond acceptors (Lipinski definition) is 3. The Bertz CT molecular complexity index is 1600. The Balaban J connectivity index is 1.58. The van der Waals surface area contributed by atoms with Gasteiger partial charge in [-0.3, -0.25) is 9.59 Å². The molecule has 0 saturated carbocycles. The Kier molecular flexibility index (Phi) is 7.37. The third-order valence-electron chi connectivity index (χ3n) is 7.17. The number of nitrogens with one attached hydrogen (secondary N) is 2. The molecule has 5 rings (SSSR count). The molecule has 6 nitrogen and oxygen atoms in total. The largest absolute Gasteiger partial charge is 0.389 e. The van der Waals surface area contributed by atoms with Crippen molar-refractivity contribution in [3.63, 3.8) is 0 Å². The highest BCUT2D eigenvalue weighted by Crippen LogP contribution is 2.44. The molecule has 212 valence electrons. The molecule has 3 heterocycles. The second-order valence-electron chi connectivity index (χ2n) is 10.1. The van der Waals surface area contributed by atoms with Crippen LogP contribution < -0.4 is 5.32 Å². The fourth-order valence-electron chi connectivity index (χ4n) is 5.10. The van der Waals surface area contributed by atoms with Gasteiger partial charge in [0.1, 0.15) is 17.5 Å². The highest BCUT2D eigenvalue weighted by Gasteiger charge is 2.41. The predicted octanol–water partition coefficient (Wildman–Crippen LogP) is 6.89. The molecule has 2 aromatic carbocycles. The first-order chi connectivity index (χ1) is 19.4. The molecule has 2 aromatic heterocycles. The summed E-state index contributed by atoms with van der Waals surface area (Å²) in [6.07, 6.45) is -4.19. The highest BCUT2D eigenvalue weighted by molar-refractivity contribution is 6.07. The van der Waals surface area contributed by atoms with Gasteiger partial charge in [0.2, 0.25) is 5.91 Å². The average Bonchev–Trinajstić information content (AvgIpc) is 3.33. The molecule has 2 N–H and O–H groups in total. The molecule has 1 aliphatic rings. The van der Waals surface area contributed by atoms with Crippen LogP contribution in [0.1, 0.15) is 46.8 Å². The standard InChI is InChI=1S/C30H25F5N4O2/c1-16(17-3-7-21(31)8-4-17)28(40)37-23-13-19(11-12-36-23)26-24(18-5-9-22(32)10-6-18)25-27(38-26)20(14-30(33,34)35)15-39(2)29(25)41/h3-13,16,20,38H,14-15H2,1-2H3,(H,36,37,40). The molecule has 1 aliphatic heterocycles. The number of benzene rings is 2. The number of likely N-dealkylation sites (N-methyl/N-ethyl adjacent to an activating group) is 1. The average molecular weight is 569 g/mol. The van der Waals surface area contributed by atoms with Gasteiger partial charge in [0.15, 0.2) is 0 Å². The van der Waals surface area contributed by atoms with Gasteiger partial charge < -0.3 is 15.2 Å². The number of fused-ring (bicyclic) bond motifs is 1. The van der Waals surface area contributed by atoms with Gasteiger partial charge in [-0.1, -0.05) is 24.3 Å². The van der Waals surface area contributed by atoms with Crippen molar-refractivity contribution < 1.29 is 31.5 Å². The molecule has 2 unspecified atom stereocenters. The van der Waals surface area contributed by atoms with Crippen molar-refractivity contribution in [2.75, 3.05) is 18.9 Å². The van der Waals surface area contributed by atoms with Gasteiger partial charge in [-0.05, 0) is 54.4 Å². The van der Waals surface area contributed by atoms with Crippen LogP contribution in [-0.2, 0) is 4.79 Å². The second-order valence-corrected chi connectivity index (χ2v) is 10.1. The number of carbonyl (C=O) groups excluding carboxylic acids is 2. The third-order valence-corrected chi connectivity index (χ3v) is 7.17. The van der Waals surface area contributed by atoms with Gasteiger partial charge in [-0.25, -0.2) is 13.8 Å². The van der Waals surface area contributed by atoms with Crippen molar-refractivity contribution in [3.05, 3.63) is 95.3 Å². The third kappa shape index (κ3) is 5.84. The normalized spacial score (nSPS) is 15.9. The lowest BCUT2D eigenvalue weighted by Crippen LogP contribution is -2.38. The molecular formula is C30H25F5N4O2. The number of H-pyrrole nitrogens is 1. The van der Waals surface area contributed by atoms with Crippen LogP contribution in [0.15, 0.2) is 66.9 Å². The first-order valence-corrected chi connectivity index (χ1v) is 12.8. The predicted molar refractivity (Wildman–Crippen MR) is 143 cm³/mol. The molecule has 0 fully saturated rings. The first-order valence-electron chi connectivity index (χ1n) is 12.8. The number of alkyl halides is 3. The zero-order chi connectivity index (χ0) is 29.5. The summed E-state index contributed by atoms with van der Waals surface area (Å²) >= 11 is 0. The van der Waals surface area contributed by atoms with Gasteiger partial charge in [0.25, 0.3) is 5.91 Å². The Morgan fingerprint density at radius 1 is 1.02 bits per heavy atom. The SMILES string of the molecule is CC(C(=O)Nc1cc(-c2[nH]c3c(c2-c2ccc(F)cc2)C(=O)N(C)CC3CC(F)(F)F)ccn1)c1ccc(F)cc1. The molecule has 2 amide bonds. The van der Waals surface area contributed by atoms with E-state index < -0.39 is 47.9 Å². The maximum atomic E-state index is 13.8. The number of rotatable bonds is 6. The summed E-state index contributed by atoms with van der Waals surface area (Å²) in [7, 11) is 1.44. The number of aromatic amines is 1. The van der Waals surface area contributed by atoms with Crippen LogP contribution in [0.5, 0.6) is 0 Å². The van der Waals surface area contributed by atoms with E-state index in [0.717, 1.165) is 0 Å². The maximum absolute atomic E-state index is 13.8. The second kappa shape index (κ2) is 10.8. The number of nitrogens with zero attached hydrogens (tertiary/aromatic N) is 2. The summed E-state index contributed by atoms with van der Waals surface area (Å²) in [6, 6.07) is 14.0. The van der Waals surface area contributed by atoms with Crippen LogP contribution in [0.25, 0.3) is 22.4 Å². The fraction of sp³-hybridized carbons (Fsp3) is 0.233. The molecule has 0 spiro atoms. The van der Waals surface area contributed by atoms with Gasteiger partial charge in [0.05, 0.1) is 23.6 Å². The number of hydrogen-bond donors (Lipinski definition) is 2. The van der Waals surface area contributed by atoms with Crippen molar-refractivity contribution in [1.82, 2.24) is 14.9 Å². The van der Waals surface area contributed by atoms with Crippen molar-refractivity contribution in [2.45, 2.75) is 31.4 Å². The highest BCUT2D eigenvalue weighted by atomic mass is 19.4. The lowest BCUT2D eigenvalue weighted by atomic mass is 9.88. The molecule has 11 heteroatoms. The van der Waals surface area contributed by atoms with E-state index in [4.69, 9.17) is 0 Å². The molecule has 0 bridgehead atoms. The molecule has 0 aliphatic carbocycles. The summed E-state index contributed by atoms with van der Waals surface area (Å²) in [5.41, 5.74) is 2.36.